The normalized spacial score (nSPS) is 19.3. The number of para-hydroxylation sites is 1. The summed E-state index contributed by atoms with van der Waals surface area (Å²) < 4.78 is 5.61. The molecule has 0 atom stereocenters. The van der Waals surface area contributed by atoms with Crippen molar-refractivity contribution in [3.05, 3.63) is 29.3 Å². The third-order valence-corrected chi connectivity index (χ3v) is 4.88. The van der Waals surface area contributed by atoms with Gasteiger partial charge in [0.05, 0.1) is 12.2 Å². The number of hydrogen-bond acceptors (Lipinski definition) is 3. The molecule has 3 heteroatoms. The van der Waals surface area contributed by atoms with E-state index in [1.165, 1.54) is 29.9 Å². The summed E-state index contributed by atoms with van der Waals surface area (Å²) in [6.07, 6.45) is 4.01. The fraction of sp³-hybridized carbons (Fsp3) is 0.533. The van der Waals surface area contributed by atoms with E-state index in [0.29, 0.717) is 12.3 Å². The second kappa shape index (κ2) is 5.35. The minimum absolute atomic E-state index is 0.269. The lowest BCUT2D eigenvalue weighted by Crippen LogP contribution is -2.15. The Balaban J connectivity index is 1.74. The largest absolute Gasteiger partial charge is 0.492 e. The summed E-state index contributed by atoms with van der Waals surface area (Å²) in [4.78, 5) is 12.4. The van der Waals surface area contributed by atoms with E-state index in [9.17, 15) is 4.79 Å². The molecule has 0 radical (unpaired) electrons. The van der Waals surface area contributed by atoms with Crippen LogP contribution >= 0.6 is 11.8 Å². The summed E-state index contributed by atoms with van der Waals surface area (Å²) >= 11 is 2.01. The average molecular weight is 262 g/mol. The number of ketones is 1. The minimum atomic E-state index is 0.269. The molecule has 2 aliphatic rings. The third-order valence-electron chi connectivity index (χ3n) is 3.83. The van der Waals surface area contributed by atoms with Crippen LogP contribution in [0.2, 0.25) is 0 Å². The van der Waals surface area contributed by atoms with E-state index < -0.39 is 0 Å². The van der Waals surface area contributed by atoms with Crippen LogP contribution in [-0.2, 0) is 6.42 Å². The van der Waals surface area contributed by atoms with E-state index in [-0.39, 0.29) is 5.78 Å². The van der Waals surface area contributed by atoms with Gasteiger partial charge >= 0.3 is 0 Å². The summed E-state index contributed by atoms with van der Waals surface area (Å²) in [7, 11) is 0. The molecule has 1 aromatic rings. The Morgan fingerprint density at radius 2 is 2.17 bits per heavy atom. The molecule has 1 aromatic carbocycles. The number of thioether (sulfide) groups is 1. The molecule has 2 nitrogen and oxygen atoms in total. The highest BCUT2D eigenvalue weighted by Crippen LogP contribution is 2.32. The summed E-state index contributed by atoms with van der Waals surface area (Å²) in [6, 6.07) is 5.97. The van der Waals surface area contributed by atoms with Crippen molar-refractivity contribution < 1.29 is 9.53 Å². The van der Waals surface area contributed by atoms with Crippen molar-refractivity contribution in [1.82, 2.24) is 0 Å². The SMILES string of the molecule is O=C(CC1CCSCC1)c1cccc2c1OCC2. The summed E-state index contributed by atoms with van der Waals surface area (Å²) in [5, 5.41) is 0. The van der Waals surface area contributed by atoms with Gasteiger partial charge in [0.25, 0.3) is 0 Å². The summed E-state index contributed by atoms with van der Waals surface area (Å²) in [5.41, 5.74) is 2.00. The average Bonchev–Trinajstić information content (AvgIpc) is 2.87. The maximum atomic E-state index is 12.4. The molecule has 1 saturated heterocycles. The lowest BCUT2D eigenvalue weighted by atomic mass is 9.92. The van der Waals surface area contributed by atoms with Crippen LogP contribution in [0.3, 0.4) is 0 Å². The van der Waals surface area contributed by atoms with E-state index >= 15 is 0 Å². The first kappa shape index (κ1) is 12.1. The zero-order valence-corrected chi connectivity index (χ0v) is 11.3. The van der Waals surface area contributed by atoms with Crippen LogP contribution in [0.5, 0.6) is 5.75 Å². The second-order valence-corrected chi connectivity index (χ2v) is 6.30. The van der Waals surface area contributed by atoms with Crippen molar-refractivity contribution in [3.8, 4) is 5.75 Å². The molecule has 0 aliphatic carbocycles. The number of hydrogen-bond donors (Lipinski definition) is 0. The van der Waals surface area contributed by atoms with Crippen LogP contribution in [0.25, 0.3) is 0 Å². The zero-order valence-electron chi connectivity index (χ0n) is 10.5. The van der Waals surface area contributed by atoms with Crippen LogP contribution in [0.4, 0.5) is 0 Å². The van der Waals surface area contributed by atoms with Gasteiger partial charge in [-0.2, -0.15) is 11.8 Å². The number of fused-ring (bicyclic) bond motifs is 1. The molecule has 0 saturated carbocycles. The first-order chi connectivity index (χ1) is 8.84. The first-order valence-corrected chi connectivity index (χ1v) is 7.85. The Kier molecular flexibility index (Phi) is 3.59. The van der Waals surface area contributed by atoms with Crippen LogP contribution in [-0.4, -0.2) is 23.9 Å². The van der Waals surface area contributed by atoms with Gasteiger partial charge in [0.1, 0.15) is 5.75 Å². The molecule has 1 fully saturated rings. The monoisotopic (exact) mass is 262 g/mol. The number of ether oxygens (including phenoxy) is 1. The molecule has 0 spiro atoms. The van der Waals surface area contributed by atoms with Crippen molar-refractivity contribution >= 4 is 17.5 Å². The van der Waals surface area contributed by atoms with Gasteiger partial charge in [-0.3, -0.25) is 4.79 Å². The molecule has 0 aromatic heterocycles. The Labute approximate surface area is 112 Å². The highest BCUT2D eigenvalue weighted by Gasteiger charge is 2.23. The number of carbonyl (C=O) groups is 1. The van der Waals surface area contributed by atoms with Crippen molar-refractivity contribution in [2.45, 2.75) is 25.7 Å². The Morgan fingerprint density at radius 1 is 1.33 bits per heavy atom. The predicted octanol–water partition coefficient (Wildman–Crippen LogP) is 3.34. The fourth-order valence-corrected chi connectivity index (χ4v) is 3.96. The standard InChI is InChI=1S/C15H18O2S/c16-14(10-11-5-8-18-9-6-11)13-3-1-2-12-4-7-17-15(12)13/h1-3,11H,4-10H2. The van der Waals surface area contributed by atoms with Gasteiger partial charge in [0, 0.05) is 12.8 Å². The molecule has 3 rings (SSSR count). The second-order valence-electron chi connectivity index (χ2n) is 5.08. The minimum Gasteiger partial charge on any atom is -0.492 e. The van der Waals surface area contributed by atoms with Crippen LogP contribution in [0.15, 0.2) is 18.2 Å². The van der Waals surface area contributed by atoms with Gasteiger partial charge in [0.2, 0.25) is 0 Å². The van der Waals surface area contributed by atoms with Crippen molar-refractivity contribution in [3.63, 3.8) is 0 Å². The molecule has 0 bridgehead atoms. The van der Waals surface area contributed by atoms with Crippen LogP contribution in [0.1, 0.15) is 35.2 Å². The number of benzene rings is 1. The van der Waals surface area contributed by atoms with Gasteiger partial charge in [-0.05, 0) is 41.9 Å². The lowest BCUT2D eigenvalue weighted by Gasteiger charge is -2.20. The molecule has 0 amide bonds. The van der Waals surface area contributed by atoms with E-state index in [2.05, 4.69) is 6.07 Å². The van der Waals surface area contributed by atoms with Crippen LogP contribution in [0, 0.1) is 5.92 Å². The fourth-order valence-electron chi connectivity index (χ4n) is 2.76. The molecule has 0 unspecified atom stereocenters. The quantitative estimate of drug-likeness (QED) is 0.782. The van der Waals surface area contributed by atoms with Gasteiger partial charge in [0.15, 0.2) is 5.78 Å². The van der Waals surface area contributed by atoms with E-state index in [0.717, 1.165) is 24.3 Å². The highest BCUT2D eigenvalue weighted by molar-refractivity contribution is 7.99. The molecule has 2 heterocycles. The van der Waals surface area contributed by atoms with E-state index in [1.54, 1.807) is 0 Å². The molecule has 2 aliphatic heterocycles. The van der Waals surface area contributed by atoms with Gasteiger partial charge in [-0.25, -0.2) is 0 Å². The van der Waals surface area contributed by atoms with Crippen LogP contribution < -0.4 is 4.74 Å². The van der Waals surface area contributed by atoms with E-state index in [1.807, 2.05) is 23.9 Å². The lowest BCUT2D eigenvalue weighted by molar-refractivity contribution is 0.0955. The number of rotatable bonds is 3. The molecular formula is C15H18O2S. The van der Waals surface area contributed by atoms with Gasteiger partial charge < -0.3 is 4.74 Å². The molecule has 18 heavy (non-hydrogen) atoms. The molecule has 96 valence electrons. The maximum Gasteiger partial charge on any atom is 0.166 e. The number of Topliss-reactive ketones (excluding diaryl/α,β-unsaturated/α-hetero) is 1. The van der Waals surface area contributed by atoms with Crippen molar-refractivity contribution in [2.75, 3.05) is 18.1 Å². The Hall–Kier alpha value is -0.960. The van der Waals surface area contributed by atoms with Crippen molar-refractivity contribution in [1.29, 1.82) is 0 Å². The maximum absolute atomic E-state index is 12.4. The van der Waals surface area contributed by atoms with Gasteiger partial charge in [-0.15, -0.1) is 0 Å². The molecule has 0 N–H and O–H groups in total. The Morgan fingerprint density at radius 3 is 3.00 bits per heavy atom. The first-order valence-electron chi connectivity index (χ1n) is 6.70. The van der Waals surface area contributed by atoms with Gasteiger partial charge in [-0.1, -0.05) is 12.1 Å². The zero-order chi connectivity index (χ0) is 12.4. The summed E-state index contributed by atoms with van der Waals surface area (Å²) in [5.74, 6) is 4.12. The van der Waals surface area contributed by atoms with Crippen molar-refractivity contribution in [2.24, 2.45) is 5.92 Å². The topological polar surface area (TPSA) is 26.3 Å². The smallest absolute Gasteiger partial charge is 0.166 e. The number of carbonyl (C=O) groups excluding carboxylic acids is 1. The van der Waals surface area contributed by atoms with E-state index in [4.69, 9.17) is 4.74 Å². The highest BCUT2D eigenvalue weighted by atomic mass is 32.2. The third kappa shape index (κ3) is 2.41. The summed E-state index contributed by atoms with van der Waals surface area (Å²) in [6.45, 7) is 0.722. The Bertz CT molecular complexity index is 450. The predicted molar refractivity (Wildman–Crippen MR) is 74.6 cm³/mol. The molecular weight excluding hydrogens is 244 g/mol.